The standard InChI is InChI=1S/C23H19ClN2O5/c1-29-18-8-4-16(5-9-18)22(27)26-25-14-15-3-12-21(20(24)13-15)31-23(28)17-6-10-19(30-2)11-7-17/h3-14H,1-2H3,(H,26,27)/b25-14-. The van der Waals surface area contributed by atoms with E-state index in [9.17, 15) is 9.59 Å². The van der Waals surface area contributed by atoms with Gasteiger partial charge in [0.15, 0.2) is 0 Å². The molecule has 7 nitrogen and oxygen atoms in total. The molecule has 0 unspecified atom stereocenters. The molecule has 0 bridgehead atoms. The smallest absolute Gasteiger partial charge is 0.343 e. The van der Waals surface area contributed by atoms with Crippen molar-refractivity contribution in [1.82, 2.24) is 5.43 Å². The first-order chi connectivity index (χ1) is 15.0. The average molecular weight is 439 g/mol. The van der Waals surface area contributed by atoms with Crippen LogP contribution in [0, 0.1) is 0 Å². The van der Waals surface area contributed by atoms with E-state index in [-0.39, 0.29) is 16.7 Å². The fraction of sp³-hybridized carbons (Fsp3) is 0.0870. The van der Waals surface area contributed by atoms with Crippen molar-refractivity contribution in [2.24, 2.45) is 5.10 Å². The predicted molar refractivity (Wildman–Crippen MR) is 117 cm³/mol. The molecule has 0 saturated carbocycles. The molecule has 158 valence electrons. The summed E-state index contributed by atoms with van der Waals surface area (Å²) in [6, 6.07) is 17.9. The van der Waals surface area contributed by atoms with E-state index in [1.54, 1.807) is 80.9 Å². The fourth-order valence-corrected chi connectivity index (χ4v) is 2.77. The number of hydrazone groups is 1. The monoisotopic (exact) mass is 438 g/mol. The molecule has 0 aliphatic rings. The number of carbonyl (C=O) groups excluding carboxylic acids is 2. The number of hydrogen-bond donors (Lipinski definition) is 1. The summed E-state index contributed by atoms with van der Waals surface area (Å²) in [5, 5.41) is 4.15. The highest BCUT2D eigenvalue weighted by Crippen LogP contribution is 2.26. The second-order valence-corrected chi connectivity index (χ2v) is 6.64. The topological polar surface area (TPSA) is 86.2 Å². The van der Waals surface area contributed by atoms with Crippen LogP contribution < -0.4 is 19.6 Å². The van der Waals surface area contributed by atoms with Crippen LogP contribution in [0.25, 0.3) is 0 Å². The van der Waals surface area contributed by atoms with Crippen molar-refractivity contribution in [2.45, 2.75) is 0 Å². The summed E-state index contributed by atoms with van der Waals surface area (Å²) in [5.41, 5.74) is 3.85. The van der Waals surface area contributed by atoms with Gasteiger partial charge in [0, 0.05) is 5.56 Å². The Hall–Kier alpha value is -3.84. The van der Waals surface area contributed by atoms with E-state index in [1.807, 2.05) is 0 Å². The summed E-state index contributed by atoms with van der Waals surface area (Å²) in [6.07, 6.45) is 1.43. The summed E-state index contributed by atoms with van der Waals surface area (Å²) in [6.45, 7) is 0. The molecule has 0 aliphatic heterocycles. The summed E-state index contributed by atoms with van der Waals surface area (Å²) in [5.74, 6) is 0.592. The Morgan fingerprint density at radius 2 is 1.45 bits per heavy atom. The van der Waals surface area contributed by atoms with Crippen LogP contribution in [0.2, 0.25) is 5.02 Å². The number of hydrogen-bond acceptors (Lipinski definition) is 6. The van der Waals surface area contributed by atoms with E-state index in [2.05, 4.69) is 10.5 Å². The van der Waals surface area contributed by atoms with Crippen molar-refractivity contribution < 1.29 is 23.8 Å². The molecule has 0 aromatic heterocycles. The lowest BCUT2D eigenvalue weighted by Crippen LogP contribution is -2.17. The molecule has 3 rings (SSSR count). The van der Waals surface area contributed by atoms with Gasteiger partial charge in [-0.25, -0.2) is 10.2 Å². The van der Waals surface area contributed by atoms with E-state index in [4.69, 9.17) is 25.8 Å². The van der Waals surface area contributed by atoms with Crippen molar-refractivity contribution in [3.05, 3.63) is 88.4 Å². The number of halogens is 1. The maximum Gasteiger partial charge on any atom is 0.343 e. The van der Waals surface area contributed by atoms with Crippen molar-refractivity contribution in [2.75, 3.05) is 14.2 Å². The van der Waals surface area contributed by atoms with Crippen molar-refractivity contribution in [1.29, 1.82) is 0 Å². The number of amides is 1. The first kappa shape index (κ1) is 21.9. The first-order valence-electron chi connectivity index (χ1n) is 9.13. The maximum absolute atomic E-state index is 12.3. The van der Waals surface area contributed by atoms with Gasteiger partial charge in [0.2, 0.25) is 0 Å². The molecule has 0 fully saturated rings. The second-order valence-electron chi connectivity index (χ2n) is 6.24. The van der Waals surface area contributed by atoms with Gasteiger partial charge in [-0.15, -0.1) is 0 Å². The Morgan fingerprint density at radius 3 is 2.00 bits per heavy atom. The molecule has 0 spiro atoms. The van der Waals surface area contributed by atoms with Gasteiger partial charge in [-0.05, 0) is 72.3 Å². The minimum Gasteiger partial charge on any atom is -0.497 e. The lowest BCUT2D eigenvalue weighted by Gasteiger charge is -2.07. The van der Waals surface area contributed by atoms with E-state index < -0.39 is 5.97 Å². The van der Waals surface area contributed by atoms with Crippen LogP contribution in [0.1, 0.15) is 26.3 Å². The number of ether oxygens (including phenoxy) is 3. The summed E-state index contributed by atoms with van der Waals surface area (Å²) >= 11 is 6.22. The molecule has 0 heterocycles. The molecule has 1 N–H and O–H groups in total. The number of benzene rings is 3. The largest absolute Gasteiger partial charge is 0.497 e. The molecule has 3 aromatic rings. The zero-order chi connectivity index (χ0) is 22.2. The molecule has 3 aromatic carbocycles. The highest BCUT2D eigenvalue weighted by molar-refractivity contribution is 6.32. The molecule has 31 heavy (non-hydrogen) atoms. The van der Waals surface area contributed by atoms with Crippen LogP contribution in [-0.2, 0) is 0 Å². The van der Waals surface area contributed by atoms with Crippen molar-refractivity contribution in [3.8, 4) is 17.2 Å². The molecule has 0 aliphatic carbocycles. The van der Waals surface area contributed by atoms with Gasteiger partial charge in [0.05, 0.1) is 31.0 Å². The van der Waals surface area contributed by atoms with Crippen molar-refractivity contribution >= 4 is 29.7 Å². The van der Waals surface area contributed by atoms with Crippen LogP contribution in [0.3, 0.4) is 0 Å². The fourth-order valence-electron chi connectivity index (χ4n) is 2.54. The number of rotatable bonds is 7. The number of esters is 1. The number of nitrogens with one attached hydrogen (secondary N) is 1. The number of methoxy groups -OCH3 is 2. The molecular weight excluding hydrogens is 420 g/mol. The van der Waals surface area contributed by atoms with Gasteiger partial charge in [-0.2, -0.15) is 5.10 Å². The lowest BCUT2D eigenvalue weighted by atomic mass is 10.2. The molecule has 0 atom stereocenters. The third-order valence-electron chi connectivity index (χ3n) is 4.22. The highest BCUT2D eigenvalue weighted by atomic mass is 35.5. The van der Waals surface area contributed by atoms with E-state index in [0.29, 0.717) is 28.2 Å². The van der Waals surface area contributed by atoms with Gasteiger partial charge < -0.3 is 14.2 Å². The third kappa shape index (κ3) is 5.83. The minimum absolute atomic E-state index is 0.210. The van der Waals surface area contributed by atoms with Crippen LogP contribution >= 0.6 is 11.6 Å². The highest BCUT2D eigenvalue weighted by Gasteiger charge is 2.12. The normalized spacial score (nSPS) is 10.5. The maximum atomic E-state index is 12.3. The van der Waals surface area contributed by atoms with Gasteiger partial charge in [0.1, 0.15) is 17.2 Å². The van der Waals surface area contributed by atoms with Gasteiger partial charge in [-0.3, -0.25) is 4.79 Å². The van der Waals surface area contributed by atoms with E-state index in [0.717, 1.165) is 0 Å². The number of carbonyl (C=O) groups is 2. The summed E-state index contributed by atoms with van der Waals surface area (Å²) in [7, 11) is 3.10. The van der Waals surface area contributed by atoms with Crippen LogP contribution in [-0.4, -0.2) is 32.3 Å². The Balaban J connectivity index is 1.60. The average Bonchev–Trinajstić information content (AvgIpc) is 2.80. The lowest BCUT2D eigenvalue weighted by molar-refractivity contribution is 0.0734. The second kappa shape index (κ2) is 10.3. The first-order valence-corrected chi connectivity index (χ1v) is 9.51. The van der Waals surface area contributed by atoms with Crippen molar-refractivity contribution in [3.63, 3.8) is 0 Å². The molecular formula is C23H19ClN2O5. The van der Waals surface area contributed by atoms with Gasteiger partial charge >= 0.3 is 5.97 Å². The van der Waals surface area contributed by atoms with Crippen LogP contribution in [0.4, 0.5) is 0 Å². The van der Waals surface area contributed by atoms with Gasteiger partial charge in [-0.1, -0.05) is 11.6 Å². The predicted octanol–water partition coefficient (Wildman–Crippen LogP) is 4.34. The van der Waals surface area contributed by atoms with E-state index in [1.165, 1.54) is 6.21 Å². The Labute approximate surface area is 184 Å². The molecule has 1 amide bonds. The zero-order valence-electron chi connectivity index (χ0n) is 16.8. The molecule has 8 heteroatoms. The molecule has 0 radical (unpaired) electrons. The van der Waals surface area contributed by atoms with Crippen LogP contribution in [0.5, 0.6) is 17.2 Å². The van der Waals surface area contributed by atoms with Gasteiger partial charge in [0.25, 0.3) is 5.91 Å². The van der Waals surface area contributed by atoms with E-state index >= 15 is 0 Å². The summed E-state index contributed by atoms with van der Waals surface area (Å²) < 4.78 is 15.5. The minimum atomic E-state index is -0.544. The van der Waals surface area contributed by atoms with Crippen LogP contribution in [0.15, 0.2) is 71.8 Å². The number of nitrogens with zero attached hydrogens (tertiary/aromatic N) is 1. The summed E-state index contributed by atoms with van der Waals surface area (Å²) in [4.78, 5) is 24.4. The Morgan fingerprint density at radius 1 is 0.871 bits per heavy atom. The quantitative estimate of drug-likeness (QED) is 0.256. The zero-order valence-corrected chi connectivity index (χ0v) is 17.6. The Bertz CT molecular complexity index is 1100. The SMILES string of the molecule is COc1ccc(C(=O)N/N=C\c2ccc(OC(=O)c3ccc(OC)cc3)c(Cl)c2)cc1. The third-order valence-corrected chi connectivity index (χ3v) is 4.51. The Kier molecular flexibility index (Phi) is 7.24. The molecule has 0 saturated heterocycles.